The van der Waals surface area contributed by atoms with Crippen LogP contribution in [-0.2, 0) is 6.42 Å². The van der Waals surface area contributed by atoms with Gasteiger partial charge in [-0.3, -0.25) is 0 Å². The molecule has 0 N–H and O–H groups in total. The molecule has 1 nitrogen and oxygen atoms in total. The van der Waals surface area contributed by atoms with Crippen LogP contribution in [0.2, 0.25) is 5.02 Å². The maximum Gasteiger partial charge on any atom is 0.123 e. The van der Waals surface area contributed by atoms with Crippen LogP contribution < -0.4 is 4.74 Å². The van der Waals surface area contributed by atoms with Gasteiger partial charge in [0.25, 0.3) is 0 Å². The Labute approximate surface area is 129 Å². The number of aryl methyl sites for hydroxylation is 1. The summed E-state index contributed by atoms with van der Waals surface area (Å²) in [6.45, 7) is 4.12. The van der Waals surface area contributed by atoms with E-state index in [4.69, 9.17) is 27.9 Å². The number of ether oxygens (including phenoxy) is 1. The lowest BCUT2D eigenvalue weighted by atomic mass is 9.98. The van der Waals surface area contributed by atoms with Gasteiger partial charge in [-0.2, -0.15) is 0 Å². The molecule has 0 aromatic heterocycles. The molecule has 3 rings (SSSR count). The van der Waals surface area contributed by atoms with Gasteiger partial charge in [0.1, 0.15) is 11.9 Å². The van der Waals surface area contributed by atoms with Crippen molar-refractivity contribution in [2.75, 3.05) is 0 Å². The molecule has 0 radical (unpaired) electrons. The van der Waals surface area contributed by atoms with Gasteiger partial charge >= 0.3 is 0 Å². The lowest BCUT2D eigenvalue weighted by Gasteiger charge is -2.14. The zero-order valence-electron chi connectivity index (χ0n) is 11.5. The van der Waals surface area contributed by atoms with Crippen molar-refractivity contribution >= 4 is 23.2 Å². The minimum Gasteiger partial charge on any atom is -0.490 e. The van der Waals surface area contributed by atoms with Crippen LogP contribution in [0, 0.1) is 6.92 Å². The largest absolute Gasteiger partial charge is 0.490 e. The third-order valence-electron chi connectivity index (χ3n) is 3.72. The molecule has 1 aliphatic rings. The number of hydrogen-bond acceptors (Lipinski definition) is 1. The Bertz CT molecular complexity index is 651. The fourth-order valence-electron chi connectivity index (χ4n) is 2.70. The van der Waals surface area contributed by atoms with E-state index in [0.717, 1.165) is 33.9 Å². The molecule has 0 saturated carbocycles. The molecule has 2 aromatic rings. The number of benzene rings is 2. The molecule has 1 aliphatic heterocycles. The van der Waals surface area contributed by atoms with Crippen molar-refractivity contribution < 1.29 is 4.74 Å². The third-order valence-corrected chi connectivity index (χ3v) is 4.44. The quantitative estimate of drug-likeness (QED) is 0.684. The van der Waals surface area contributed by atoms with Crippen LogP contribution in [0.25, 0.3) is 0 Å². The van der Waals surface area contributed by atoms with Gasteiger partial charge in [-0.25, -0.2) is 0 Å². The molecule has 0 spiro atoms. The molecule has 3 heteroatoms. The Hall–Kier alpha value is -1.18. The van der Waals surface area contributed by atoms with E-state index in [0.29, 0.717) is 0 Å². The molecule has 1 heterocycles. The highest BCUT2D eigenvalue weighted by molar-refractivity contribution is 6.30. The maximum absolute atomic E-state index is 6.64. The highest BCUT2D eigenvalue weighted by Crippen LogP contribution is 2.36. The van der Waals surface area contributed by atoms with Crippen LogP contribution >= 0.6 is 23.2 Å². The second-order valence-corrected chi connectivity index (χ2v) is 6.24. The molecule has 20 heavy (non-hydrogen) atoms. The standard InChI is InChI=1S/C17H16Cl2O/c1-10-7-14(18)4-5-15(10)17(19)12-3-6-16-13(9-12)8-11(2)20-16/h3-7,9,11,17H,8H2,1-2H3. The molecular weight excluding hydrogens is 291 g/mol. The molecule has 0 saturated heterocycles. The number of halogens is 2. The zero-order chi connectivity index (χ0) is 14.3. The normalized spacial score (nSPS) is 18.5. The predicted octanol–water partition coefficient (Wildman–Crippen LogP) is 5.30. The Morgan fingerprint density at radius 1 is 1.20 bits per heavy atom. The highest BCUT2D eigenvalue weighted by atomic mass is 35.5. The molecule has 0 aliphatic carbocycles. The SMILES string of the molecule is Cc1cc(Cl)ccc1C(Cl)c1ccc2c(c1)CC(C)O2. The summed E-state index contributed by atoms with van der Waals surface area (Å²) in [6, 6.07) is 12.1. The number of alkyl halides is 1. The van der Waals surface area contributed by atoms with Crippen LogP contribution in [0.15, 0.2) is 36.4 Å². The molecule has 2 unspecified atom stereocenters. The predicted molar refractivity (Wildman–Crippen MR) is 84.1 cm³/mol. The number of fused-ring (bicyclic) bond motifs is 1. The van der Waals surface area contributed by atoms with Gasteiger partial charge in [0.2, 0.25) is 0 Å². The Morgan fingerprint density at radius 3 is 2.75 bits per heavy atom. The summed E-state index contributed by atoms with van der Waals surface area (Å²) in [7, 11) is 0. The summed E-state index contributed by atoms with van der Waals surface area (Å²) in [4.78, 5) is 0. The van der Waals surface area contributed by atoms with E-state index in [1.807, 2.05) is 37.3 Å². The zero-order valence-corrected chi connectivity index (χ0v) is 13.0. The summed E-state index contributed by atoms with van der Waals surface area (Å²) >= 11 is 12.6. The van der Waals surface area contributed by atoms with Gasteiger partial charge in [-0.15, -0.1) is 11.6 Å². The van der Waals surface area contributed by atoms with Crippen LogP contribution in [0.1, 0.15) is 34.6 Å². The van der Waals surface area contributed by atoms with Crippen molar-refractivity contribution in [2.45, 2.75) is 31.7 Å². The van der Waals surface area contributed by atoms with Crippen molar-refractivity contribution in [1.82, 2.24) is 0 Å². The van der Waals surface area contributed by atoms with Gasteiger partial charge in [0.05, 0.1) is 5.38 Å². The van der Waals surface area contributed by atoms with Crippen LogP contribution in [0.3, 0.4) is 0 Å². The first-order valence-electron chi connectivity index (χ1n) is 6.74. The van der Waals surface area contributed by atoms with Crippen molar-refractivity contribution in [1.29, 1.82) is 0 Å². The van der Waals surface area contributed by atoms with E-state index in [1.165, 1.54) is 5.56 Å². The topological polar surface area (TPSA) is 9.23 Å². The monoisotopic (exact) mass is 306 g/mol. The Kier molecular flexibility index (Phi) is 3.66. The fraction of sp³-hybridized carbons (Fsp3) is 0.294. The Balaban J connectivity index is 1.95. The molecular formula is C17H16Cl2O. The second kappa shape index (κ2) is 5.31. The molecule has 2 atom stereocenters. The van der Waals surface area contributed by atoms with Gasteiger partial charge in [-0.05, 0) is 54.3 Å². The smallest absolute Gasteiger partial charge is 0.123 e. The first-order chi connectivity index (χ1) is 9.54. The molecule has 2 aromatic carbocycles. The lowest BCUT2D eigenvalue weighted by Crippen LogP contribution is -2.05. The van der Waals surface area contributed by atoms with Crippen LogP contribution in [0.5, 0.6) is 5.75 Å². The van der Waals surface area contributed by atoms with E-state index >= 15 is 0 Å². The first kappa shape index (κ1) is 13.8. The summed E-state index contributed by atoms with van der Waals surface area (Å²) in [5.41, 5.74) is 4.56. The Morgan fingerprint density at radius 2 is 2.00 bits per heavy atom. The average molecular weight is 307 g/mol. The van der Waals surface area contributed by atoms with E-state index in [2.05, 4.69) is 13.0 Å². The van der Waals surface area contributed by atoms with Gasteiger partial charge in [-0.1, -0.05) is 29.8 Å². The van der Waals surface area contributed by atoms with E-state index in [1.54, 1.807) is 0 Å². The first-order valence-corrected chi connectivity index (χ1v) is 7.55. The van der Waals surface area contributed by atoms with Gasteiger partial charge in [0.15, 0.2) is 0 Å². The summed E-state index contributed by atoms with van der Waals surface area (Å²) in [5.74, 6) is 0.984. The van der Waals surface area contributed by atoms with Crippen LogP contribution in [0.4, 0.5) is 0 Å². The van der Waals surface area contributed by atoms with Crippen molar-refractivity contribution in [2.24, 2.45) is 0 Å². The summed E-state index contributed by atoms with van der Waals surface area (Å²) < 4.78 is 5.73. The number of hydrogen-bond donors (Lipinski definition) is 0. The second-order valence-electron chi connectivity index (χ2n) is 5.36. The van der Waals surface area contributed by atoms with E-state index < -0.39 is 0 Å². The molecule has 0 bridgehead atoms. The van der Waals surface area contributed by atoms with E-state index in [9.17, 15) is 0 Å². The van der Waals surface area contributed by atoms with Gasteiger partial charge in [0, 0.05) is 11.4 Å². The third kappa shape index (κ3) is 2.53. The van der Waals surface area contributed by atoms with Crippen molar-refractivity contribution in [3.8, 4) is 5.75 Å². The van der Waals surface area contributed by atoms with Crippen LogP contribution in [-0.4, -0.2) is 6.10 Å². The molecule has 104 valence electrons. The fourth-order valence-corrected chi connectivity index (χ4v) is 3.31. The van der Waals surface area contributed by atoms with Crippen molar-refractivity contribution in [3.05, 3.63) is 63.7 Å². The summed E-state index contributed by atoms with van der Waals surface area (Å²) in [5, 5.41) is 0.583. The van der Waals surface area contributed by atoms with Gasteiger partial charge < -0.3 is 4.74 Å². The molecule has 0 fully saturated rings. The minimum absolute atomic E-state index is 0.159. The summed E-state index contributed by atoms with van der Waals surface area (Å²) in [6.07, 6.45) is 1.21. The van der Waals surface area contributed by atoms with E-state index in [-0.39, 0.29) is 11.5 Å². The maximum atomic E-state index is 6.64. The minimum atomic E-state index is -0.159. The lowest BCUT2D eigenvalue weighted by molar-refractivity contribution is 0.254. The van der Waals surface area contributed by atoms with Crippen molar-refractivity contribution in [3.63, 3.8) is 0 Å². The number of rotatable bonds is 2. The highest BCUT2D eigenvalue weighted by Gasteiger charge is 2.21. The molecule has 0 amide bonds. The average Bonchev–Trinajstić information content (AvgIpc) is 2.77.